The number of hydrogen-bond acceptors (Lipinski definition) is 3. The van der Waals surface area contributed by atoms with Gasteiger partial charge in [-0.2, -0.15) is 0 Å². The first kappa shape index (κ1) is 15.3. The maximum absolute atomic E-state index is 11.1. The van der Waals surface area contributed by atoms with Crippen LogP contribution in [-0.4, -0.2) is 25.8 Å². The maximum Gasteiger partial charge on any atom is 0.331 e. The van der Waals surface area contributed by atoms with Gasteiger partial charge in [-0.05, 0) is 18.6 Å². The summed E-state index contributed by atoms with van der Waals surface area (Å²) in [5.41, 5.74) is 0.950. The average Bonchev–Trinajstić information content (AvgIpc) is 2.47. The van der Waals surface area contributed by atoms with Crippen LogP contribution in [0.3, 0.4) is 0 Å². The van der Waals surface area contributed by atoms with E-state index in [1.54, 1.807) is 0 Å². The zero-order valence-electron chi connectivity index (χ0n) is 11.5. The molecule has 0 bridgehead atoms. The van der Waals surface area contributed by atoms with Gasteiger partial charge in [-0.1, -0.05) is 49.8 Å². The Balaban J connectivity index is 2.58. The summed E-state index contributed by atoms with van der Waals surface area (Å²) in [5, 5.41) is 0. The van der Waals surface area contributed by atoms with Crippen LogP contribution in [0.5, 0.6) is 0 Å². The third kappa shape index (κ3) is 6.64. The molecule has 102 valence electrons. The molecule has 1 aromatic carbocycles. The lowest BCUT2D eigenvalue weighted by Crippen LogP contribution is -2.18. The van der Waals surface area contributed by atoms with E-state index in [2.05, 4.69) is 23.5 Å². The summed E-state index contributed by atoms with van der Waals surface area (Å²) in [4.78, 5) is 11.1. The smallest absolute Gasteiger partial charge is 0.331 e. The molecular weight excluding hydrogens is 240 g/mol. The van der Waals surface area contributed by atoms with Crippen LogP contribution in [0.4, 0.5) is 0 Å². The van der Waals surface area contributed by atoms with Crippen LogP contribution in [0, 0.1) is 11.8 Å². The van der Waals surface area contributed by atoms with Crippen LogP contribution in [-0.2, 0) is 14.3 Å². The van der Waals surface area contributed by atoms with E-state index in [1.807, 2.05) is 30.3 Å². The molecule has 0 aliphatic rings. The van der Waals surface area contributed by atoms with E-state index in [-0.39, 0.29) is 18.7 Å². The molecule has 0 heterocycles. The highest BCUT2D eigenvalue weighted by atomic mass is 16.6. The Morgan fingerprint density at radius 1 is 1.32 bits per heavy atom. The number of methoxy groups -OCH3 is 1. The second-order valence-electron chi connectivity index (χ2n) is 4.15. The molecule has 3 nitrogen and oxygen atoms in total. The van der Waals surface area contributed by atoms with Gasteiger partial charge in [0.05, 0.1) is 7.11 Å². The molecule has 1 rings (SSSR count). The number of benzene rings is 1. The molecule has 0 aliphatic carbocycles. The minimum atomic E-state index is -0.372. The van der Waals surface area contributed by atoms with Crippen molar-refractivity contribution in [3.63, 3.8) is 0 Å². The largest absolute Gasteiger partial charge is 0.467 e. The second kappa shape index (κ2) is 9.18. The van der Waals surface area contributed by atoms with Crippen molar-refractivity contribution in [1.29, 1.82) is 0 Å². The molecule has 0 N–H and O–H groups in total. The number of carbonyl (C=O) groups is 1. The standard InChI is InChI=1S/C16H20O3/c1-3-4-10-15(19-13-16(17)18-2)12-11-14-8-6-5-7-9-14/h5-9,15H,3-4,10,13H2,1-2H3. The molecule has 1 aromatic rings. The summed E-state index contributed by atoms with van der Waals surface area (Å²) in [6.45, 7) is 2.07. The molecule has 0 aromatic heterocycles. The number of hydrogen-bond donors (Lipinski definition) is 0. The van der Waals surface area contributed by atoms with Crippen molar-refractivity contribution in [2.45, 2.75) is 32.3 Å². The van der Waals surface area contributed by atoms with Crippen LogP contribution < -0.4 is 0 Å². The van der Waals surface area contributed by atoms with Crippen molar-refractivity contribution < 1.29 is 14.3 Å². The Kier molecular flexibility index (Phi) is 7.38. The number of carbonyl (C=O) groups excluding carboxylic acids is 1. The fourth-order valence-corrected chi connectivity index (χ4v) is 1.50. The van der Waals surface area contributed by atoms with Crippen molar-refractivity contribution >= 4 is 5.97 Å². The zero-order valence-corrected chi connectivity index (χ0v) is 11.5. The van der Waals surface area contributed by atoms with Gasteiger partial charge in [-0.15, -0.1) is 0 Å². The molecular formula is C16H20O3. The van der Waals surface area contributed by atoms with Crippen molar-refractivity contribution in [1.82, 2.24) is 0 Å². The van der Waals surface area contributed by atoms with E-state index < -0.39 is 0 Å². The molecule has 0 fully saturated rings. The van der Waals surface area contributed by atoms with Crippen LogP contribution in [0.15, 0.2) is 30.3 Å². The average molecular weight is 260 g/mol. The number of ether oxygens (including phenoxy) is 2. The summed E-state index contributed by atoms with van der Waals surface area (Å²) in [6, 6.07) is 9.74. The molecule has 0 amide bonds. The Hall–Kier alpha value is -1.79. The highest BCUT2D eigenvalue weighted by molar-refractivity contribution is 5.70. The second-order valence-corrected chi connectivity index (χ2v) is 4.15. The van der Waals surface area contributed by atoms with Gasteiger partial charge >= 0.3 is 5.97 Å². The van der Waals surface area contributed by atoms with E-state index in [4.69, 9.17) is 4.74 Å². The third-order valence-electron chi connectivity index (χ3n) is 2.60. The first-order chi connectivity index (χ1) is 9.26. The molecule has 1 unspecified atom stereocenters. The van der Waals surface area contributed by atoms with E-state index >= 15 is 0 Å². The molecule has 0 spiro atoms. The highest BCUT2D eigenvalue weighted by Gasteiger charge is 2.08. The Morgan fingerprint density at radius 3 is 2.68 bits per heavy atom. The van der Waals surface area contributed by atoms with E-state index in [0.29, 0.717) is 0 Å². The molecule has 3 heteroatoms. The highest BCUT2D eigenvalue weighted by Crippen LogP contribution is 2.05. The Labute approximate surface area is 114 Å². The molecule has 0 radical (unpaired) electrons. The van der Waals surface area contributed by atoms with Gasteiger partial charge in [0.15, 0.2) is 0 Å². The summed E-state index contributed by atoms with van der Waals surface area (Å²) < 4.78 is 10.0. The number of unbranched alkanes of at least 4 members (excludes halogenated alkanes) is 1. The van der Waals surface area contributed by atoms with Gasteiger partial charge in [0.25, 0.3) is 0 Å². The fraction of sp³-hybridized carbons (Fsp3) is 0.438. The lowest BCUT2D eigenvalue weighted by atomic mass is 10.1. The van der Waals surface area contributed by atoms with Gasteiger partial charge in [-0.3, -0.25) is 0 Å². The first-order valence-electron chi connectivity index (χ1n) is 6.51. The number of esters is 1. The van der Waals surface area contributed by atoms with Crippen molar-refractivity contribution in [3.05, 3.63) is 35.9 Å². The molecule has 1 atom stereocenters. The molecule has 0 saturated heterocycles. The molecule has 0 aliphatic heterocycles. The zero-order chi connectivity index (χ0) is 13.9. The predicted octanol–water partition coefficient (Wildman–Crippen LogP) is 2.79. The minimum absolute atomic E-state index is 0.0473. The fourth-order valence-electron chi connectivity index (χ4n) is 1.50. The first-order valence-corrected chi connectivity index (χ1v) is 6.51. The van der Waals surface area contributed by atoms with Crippen LogP contribution in [0.2, 0.25) is 0 Å². The van der Waals surface area contributed by atoms with Gasteiger partial charge in [0, 0.05) is 5.56 Å². The van der Waals surface area contributed by atoms with Crippen LogP contribution in [0.25, 0.3) is 0 Å². The van der Waals surface area contributed by atoms with E-state index in [1.165, 1.54) is 7.11 Å². The van der Waals surface area contributed by atoms with Gasteiger partial charge in [-0.25, -0.2) is 4.79 Å². The lowest BCUT2D eigenvalue weighted by molar-refractivity contribution is -0.147. The summed E-state index contributed by atoms with van der Waals surface area (Å²) >= 11 is 0. The van der Waals surface area contributed by atoms with Crippen molar-refractivity contribution in [2.24, 2.45) is 0 Å². The lowest BCUT2D eigenvalue weighted by Gasteiger charge is -2.10. The quantitative estimate of drug-likeness (QED) is 0.583. The third-order valence-corrected chi connectivity index (χ3v) is 2.60. The summed E-state index contributed by atoms with van der Waals surface area (Å²) in [6.07, 6.45) is 2.70. The normalized spacial score (nSPS) is 11.3. The Bertz CT molecular complexity index is 428. The van der Waals surface area contributed by atoms with Crippen LogP contribution in [0.1, 0.15) is 31.7 Å². The summed E-state index contributed by atoms with van der Waals surface area (Å²) in [7, 11) is 1.35. The molecule has 0 saturated carbocycles. The summed E-state index contributed by atoms with van der Waals surface area (Å²) in [5.74, 6) is 5.77. The van der Waals surface area contributed by atoms with Crippen LogP contribution >= 0.6 is 0 Å². The van der Waals surface area contributed by atoms with E-state index in [0.717, 1.165) is 24.8 Å². The van der Waals surface area contributed by atoms with Crippen molar-refractivity contribution in [2.75, 3.05) is 13.7 Å². The van der Waals surface area contributed by atoms with Gasteiger partial charge < -0.3 is 9.47 Å². The monoisotopic (exact) mass is 260 g/mol. The topological polar surface area (TPSA) is 35.5 Å². The molecule has 19 heavy (non-hydrogen) atoms. The van der Waals surface area contributed by atoms with Crippen molar-refractivity contribution in [3.8, 4) is 11.8 Å². The van der Waals surface area contributed by atoms with Gasteiger partial charge in [0.2, 0.25) is 0 Å². The van der Waals surface area contributed by atoms with E-state index in [9.17, 15) is 4.79 Å². The predicted molar refractivity (Wildman–Crippen MR) is 74.6 cm³/mol. The minimum Gasteiger partial charge on any atom is -0.467 e. The Morgan fingerprint density at radius 2 is 2.05 bits per heavy atom. The van der Waals surface area contributed by atoms with Gasteiger partial charge in [0.1, 0.15) is 12.7 Å². The maximum atomic E-state index is 11.1. The SMILES string of the molecule is CCCCC(C#Cc1ccccc1)OCC(=O)OC. The number of rotatable bonds is 6.